The SMILES string of the molecule is CC(CN1C[C@H]2C[C@H](Oc3ccc(F)cc3)C[C@H]2C1)c1ccc(O)cn1. The molecule has 1 aromatic carbocycles. The Balaban J connectivity index is 1.28. The van der Waals surface area contributed by atoms with Crippen molar-refractivity contribution >= 4 is 0 Å². The van der Waals surface area contributed by atoms with Crippen LogP contribution < -0.4 is 4.74 Å². The van der Waals surface area contributed by atoms with Gasteiger partial charge in [-0.2, -0.15) is 0 Å². The zero-order valence-corrected chi connectivity index (χ0v) is 15.0. The standard InChI is InChI=1S/C21H25FN2O2/c1-14(21-7-4-18(25)10-23-21)11-24-12-15-8-20(9-16(15)13-24)26-19-5-2-17(22)3-6-19/h2-7,10,14-16,20,25H,8-9,11-13H2,1H3/t14?,15-,16+,20+. The monoisotopic (exact) mass is 356 g/mol. The van der Waals surface area contributed by atoms with Gasteiger partial charge in [0.05, 0.1) is 12.3 Å². The molecule has 5 heteroatoms. The van der Waals surface area contributed by atoms with Gasteiger partial charge < -0.3 is 14.7 Å². The van der Waals surface area contributed by atoms with Crippen molar-refractivity contribution in [3.8, 4) is 11.5 Å². The summed E-state index contributed by atoms with van der Waals surface area (Å²) in [6.07, 6.45) is 3.91. The lowest BCUT2D eigenvalue weighted by molar-refractivity contribution is 0.184. The van der Waals surface area contributed by atoms with E-state index in [1.807, 2.05) is 6.07 Å². The van der Waals surface area contributed by atoms with Crippen LogP contribution in [0.4, 0.5) is 4.39 Å². The first-order valence-corrected chi connectivity index (χ1v) is 9.36. The Morgan fingerprint density at radius 3 is 2.46 bits per heavy atom. The third-order valence-corrected chi connectivity index (χ3v) is 5.71. The van der Waals surface area contributed by atoms with Gasteiger partial charge in [0.1, 0.15) is 17.3 Å². The summed E-state index contributed by atoms with van der Waals surface area (Å²) < 4.78 is 19.0. The van der Waals surface area contributed by atoms with Gasteiger partial charge in [-0.15, -0.1) is 0 Å². The van der Waals surface area contributed by atoms with E-state index in [1.54, 1.807) is 18.2 Å². The van der Waals surface area contributed by atoms with Gasteiger partial charge in [0.15, 0.2) is 0 Å². The summed E-state index contributed by atoms with van der Waals surface area (Å²) in [5.74, 6) is 2.46. The quantitative estimate of drug-likeness (QED) is 0.885. The number of benzene rings is 1. The molecule has 4 nitrogen and oxygen atoms in total. The van der Waals surface area contributed by atoms with Crippen molar-refractivity contribution < 1.29 is 14.2 Å². The van der Waals surface area contributed by atoms with Gasteiger partial charge in [0.25, 0.3) is 0 Å². The van der Waals surface area contributed by atoms with Crippen LogP contribution in [-0.2, 0) is 0 Å². The Labute approximate surface area is 153 Å². The molecule has 26 heavy (non-hydrogen) atoms. The van der Waals surface area contributed by atoms with Gasteiger partial charge >= 0.3 is 0 Å². The molecule has 2 aliphatic rings. The van der Waals surface area contributed by atoms with Crippen LogP contribution in [0.2, 0.25) is 0 Å². The van der Waals surface area contributed by atoms with Crippen LogP contribution in [0.1, 0.15) is 31.4 Å². The number of halogens is 1. The van der Waals surface area contributed by atoms with Gasteiger partial charge in [0, 0.05) is 31.2 Å². The predicted octanol–water partition coefficient (Wildman–Crippen LogP) is 3.82. The zero-order valence-electron chi connectivity index (χ0n) is 15.0. The first-order chi connectivity index (χ1) is 12.6. The second-order valence-corrected chi connectivity index (χ2v) is 7.75. The Morgan fingerprint density at radius 2 is 1.85 bits per heavy atom. The normalized spacial score (nSPS) is 26.6. The minimum absolute atomic E-state index is 0.212. The molecule has 1 saturated heterocycles. The Hall–Kier alpha value is -2.14. The van der Waals surface area contributed by atoms with Crippen molar-refractivity contribution in [1.82, 2.24) is 9.88 Å². The topological polar surface area (TPSA) is 45.6 Å². The van der Waals surface area contributed by atoms with E-state index in [9.17, 15) is 9.50 Å². The lowest BCUT2D eigenvalue weighted by Gasteiger charge is -2.23. The van der Waals surface area contributed by atoms with Gasteiger partial charge in [-0.25, -0.2) is 4.39 Å². The number of hydrogen-bond acceptors (Lipinski definition) is 4. The fourth-order valence-electron chi connectivity index (χ4n) is 4.46. The minimum Gasteiger partial charge on any atom is -0.506 e. The van der Waals surface area contributed by atoms with Crippen molar-refractivity contribution in [3.05, 3.63) is 54.1 Å². The molecule has 0 bridgehead atoms. The van der Waals surface area contributed by atoms with E-state index in [4.69, 9.17) is 4.74 Å². The van der Waals surface area contributed by atoms with Crippen molar-refractivity contribution in [1.29, 1.82) is 0 Å². The summed E-state index contributed by atoms with van der Waals surface area (Å²) in [7, 11) is 0. The number of aromatic nitrogens is 1. The maximum Gasteiger partial charge on any atom is 0.133 e. The number of pyridine rings is 1. The van der Waals surface area contributed by atoms with Crippen LogP contribution in [0, 0.1) is 17.7 Å². The van der Waals surface area contributed by atoms with Crippen molar-refractivity contribution in [2.24, 2.45) is 11.8 Å². The third kappa shape index (κ3) is 3.83. The molecule has 0 amide bonds. The molecule has 1 aromatic heterocycles. The molecule has 1 aliphatic carbocycles. The zero-order chi connectivity index (χ0) is 18.1. The Bertz CT molecular complexity index is 721. The summed E-state index contributed by atoms with van der Waals surface area (Å²) in [6.45, 7) is 5.40. The van der Waals surface area contributed by atoms with E-state index in [0.717, 1.165) is 43.9 Å². The van der Waals surface area contributed by atoms with Gasteiger partial charge in [-0.05, 0) is 61.1 Å². The van der Waals surface area contributed by atoms with E-state index >= 15 is 0 Å². The predicted molar refractivity (Wildman–Crippen MR) is 97.8 cm³/mol. The summed E-state index contributed by atoms with van der Waals surface area (Å²) >= 11 is 0. The second-order valence-electron chi connectivity index (χ2n) is 7.75. The molecule has 1 unspecified atom stereocenters. The number of aromatic hydroxyl groups is 1. The number of likely N-dealkylation sites (tertiary alicyclic amines) is 1. The highest BCUT2D eigenvalue weighted by atomic mass is 19.1. The number of ether oxygens (including phenoxy) is 1. The smallest absolute Gasteiger partial charge is 0.133 e. The van der Waals surface area contributed by atoms with Crippen molar-refractivity contribution in [2.75, 3.05) is 19.6 Å². The average Bonchev–Trinajstić information content (AvgIpc) is 3.15. The molecular weight excluding hydrogens is 331 g/mol. The Kier molecular flexibility index (Phi) is 4.81. The molecule has 1 N–H and O–H groups in total. The molecule has 1 saturated carbocycles. The molecule has 0 radical (unpaired) electrons. The van der Waals surface area contributed by atoms with Crippen LogP contribution in [-0.4, -0.2) is 40.7 Å². The molecule has 1 aliphatic heterocycles. The summed E-state index contributed by atoms with van der Waals surface area (Å²) in [5.41, 5.74) is 1.03. The first-order valence-electron chi connectivity index (χ1n) is 9.36. The molecule has 0 spiro atoms. The molecule has 4 rings (SSSR count). The minimum atomic E-state index is -0.228. The highest BCUT2D eigenvalue weighted by Crippen LogP contribution is 2.40. The van der Waals surface area contributed by atoms with Gasteiger partial charge in [0.2, 0.25) is 0 Å². The van der Waals surface area contributed by atoms with E-state index in [-0.39, 0.29) is 17.7 Å². The third-order valence-electron chi connectivity index (χ3n) is 5.71. The average molecular weight is 356 g/mol. The molecule has 4 atom stereocenters. The summed E-state index contributed by atoms with van der Waals surface area (Å²) in [4.78, 5) is 6.86. The number of rotatable bonds is 5. The highest BCUT2D eigenvalue weighted by molar-refractivity contribution is 5.23. The van der Waals surface area contributed by atoms with E-state index in [1.165, 1.54) is 18.3 Å². The molecule has 2 fully saturated rings. The van der Waals surface area contributed by atoms with Crippen LogP contribution in [0.5, 0.6) is 11.5 Å². The fraction of sp³-hybridized carbons (Fsp3) is 0.476. The molecule has 2 heterocycles. The first kappa shape index (κ1) is 17.3. The maximum absolute atomic E-state index is 13.0. The van der Waals surface area contributed by atoms with Crippen molar-refractivity contribution in [3.63, 3.8) is 0 Å². The van der Waals surface area contributed by atoms with Gasteiger partial charge in [-0.3, -0.25) is 4.98 Å². The lowest BCUT2D eigenvalue weighted by Crippen LogP contribution is -2.28. The van der Waals surface area contributed by atoms with Crippen LogP contribution in [0.15, 0.2) is 42.6 Å². The fourth-order valence-corrected chi connectivity index (χ4v) is 4.46. The highest BCUT2D eigenvalue weighted by Gasteiger charge is 2.42. The van der Waals surface area contributed by atoms with Crippen LogP contribution >= 0.6 is 0 Å². The summed E-state index contributed by atoms with van der Waals surface area (Å²) in [5, 5.41) is 9.37. The van der Waals surface area contributed by atoms with E-state index < -0.39 is 0 Å². The van der Waals surface area contributed by atoms with Gasteiger partial charge in [-0.1, -0.05) is 6.92 Å². The number of hydrogen-bond donors (Lipinski definition) is 1. The molecule has 138 valence electrons. The second kappa shape index (κ2) is 7.23. The summed E-state index contributed by atoms with van der Waals surface area (Å²) in [6, 6.07) is 9.93. The molecule has 2 aromatic rings. The lowest BCUT2D eigenvalue weighted by atomic mass is 10.0. The maximum atomic E-state index is 13.0. The molecular formula is C21H25FN2O2. The van der Waals surface area contributed by atoms with Crippen LogP contribution in [0.25, 0.3) is 0 Å². The Morgan fingerprint density at radius 1 is 1.15 bits per heavy atom. The number of nitrogens with zero attached hydrogens (tertiary/aromatic N) is 2. The van der Waals surface area contributed by atoms with E-state index in [0.29, 0.717) is 17.8 Å². The van der Waals surface area contributed by atoms with Crippen molar-refractivity contribution in [2.45, 2.75) is 31.8 Å². The number of fused-ring (bicyclic) bond motifs is 1. The van der Waals surface area contributed by atoms with E-state index in [2.05, 4.69) is 16.8 Å². The largest absolute Gasteiger partial charge is 0.506 e. The van der Waals surface area contributed by atoms with Crippen LogP contribution in [0.3, 0.4) is 0 Å².